The second kappa shape index (κ2) is 6.80. The molecule has 1 N–H and O–H groups in total. The number of methoxy groups -OCH3 is 1. The Morgan fingerprint density at radius 1 is 1.33 bits per heavy atom. The predicted octanol–water partition coefficient (Wildman–Crippen LogP) is 3.53. The van der Waals surface area contributed by atoms with Gasteiger partial charge in [0.2, 0.25) is 0 Å². The van der Waals surface area contributed by atoms with Crippen LogP contribution in [0.1, 0.15) is 50.3 Å². The average molecular weight is 290 g/mol. The van der Waals surface area contributed by atoms with Crippen LogP contribution in [0.25, 0.3) is 0 Å². The van der Waals surface area contributed by atoms with Crippen molar-refractivity contribution in [1.82, 2.24) is 10.2 Å². The summed E-state index contributed by atoms with van der Waals surface area (Å²) in [5.74, 6) is 0.985. The highest BCUT2D eigenvalue weighted by Crippen LogP contribution is 2.39. The van der Waals surface area contributed by atoms with Crippen molar-refractivity contribution in [2.75, 3.05) is 27.2 Å². The summed E-state index contributed by atoms with van der Waals surface area (Å²) in [6, 6.07) is 6.75. The fourth-order valence-electron chi connectivity index (χ4n) is 3.72. The number of hydrogen-bond donors (Lipinski definition) is 1. The van der Waals surface area contributed by atoms with Gasteiger partial charge in [-0.1, -0.05) is 24.6 Å². The molecule has 0 saturated carbocycles. The number of nitrogens with zero attached hydrogens (tertiary/aromatic N) is 1. The largest absolute Gasteiger partial charge is 0.496 e. The molecule has 1 fully saturated rings. The second-order valence-corrected chi connectivity index (χ2v) is 6.37. The van der Waals surface area contributed by atoms with Crippen LogP contribution in [0.2, 0.25) is 0 Å². The summed E-state index contributed by atoms with van der Waals surface area (Å²) in [5, 5.41) is 3.57. The summed E-state index contributed by atoms with van der Waals surface area (Å²) in [6.07, 6.45) is 3.75. The molecule has 3 nitrogen and oxygen atoms in total. The third kappa shape index (κ3) is 3.09. The Balaban J connectivity index is 2.43. The number of ether oxygens (including phenoxy) is 1. The Labute approximate surface area is 129 Å². The van der Waals surface area contributed by atoms with Crippen molar-refractivity contribution < 1.29 is 4.74 Å². The van der Waals surface area contributed by atoms with E-state index < -0.39 is 0 Å². The monoisotopic (exact) mass is 290 g/mol. The smallest absolute Gasteiger partial charge is 0.123 e. The molecule has 0 spiro atoms. The number of likely N-dealkylation sites (tertiary alicyclic amines) is 1. The molecule has 2 rings (SSSR count). The van der Waals surface area contributed by atoms with Crippen LogP contribution in [-0.4, -0.2) is 37.7 Å². The lowest BCUT2D eigenvalue weighted by atomic mass is 9.82. The molecule has 2 atom stereocenters. The summed E-state index contributed by atoms with van der Waals surface area (Å²) in [4.78, 5) is 2.65. The predicted molar refractivity (Wildman–Crippen MR) is 89.0 cm³/mol. The minimum absolute atomic E-state index is 0.117. The van der Waals surface area contributed by atoms with Crippen molar-refractivity contribution in [3.05, 3.63) is 29.3 Å². The number of aryl methyl sites for hydroxylation is 1. The highest BCUT2D eigenvalue weighted by Gasteiger charge is 2.40. The van der Waals surface area contributed by atoms with Gasteiger partial charge in [-0.25, -0.2) is 0 Å². The number of likely N-dealkylation sites (N-methyl/N-ethyl adjacent to an activating group) is 1. The van der Waals surface area contributed by atoms with Gasteiger partial charge in [-0.2, -0.15) is 0 Å². The zero-order chi connectivity index (χ0) is 15.5. The van der Waals surface area contributed by atoms with Crippen LogP contribution in [0.15, 0.2) is 18.2 Å². The molecular weight excluding hydrogens is 260 g/mol. The van der Waals surface area contributed by atoms with Gasteiger partial charge in [0.1, 0.15) is 5.75 Å². The van der Waals surface area contributed by atoms with Gasteiger partial charge in [-0.15, -0.1) is 0 Å². The van der Waals surface area contributed by atoms with E-state index in [-0.39, 0.29) is 11.6 Å². The van der Waals surface area contributed by atoms with E-state index in [1.165, 1.54) is 37.1 Å². The molecule has 0 aliphatic carbocycles. The van der Waals surface area contributed by atoms with Gasteiger partial charge < -0.3 is 10.1 Å². The highest BCUT2D eigenvalue weighted by molar-refractivity contribution is 5.41. The zero-order valence-electron chi connectivity index (χ0n) is 14.2. The van der Waals surface area contributed by atoms with Crippen LogP contribution in [-0.2, 0) is 0 Å². The summed E-state index contributed by atoms with van der Waals surface area (Å²) >= 11 is 0. The van der Waals surface area contributed by atoms with Gasteiger partial charge in [-0.3, -0.25) is 4.90 Å². The van der Waals surface area contributed by atoms with E-state index >= 15 is 0 Å². The second-order valence-electron chi connectivity index (χ2n) is 6.37. The first-order valence-corrected chi connectivity index (χ1v) is 8.13. The molecule has 118 valence electrons. The maximum atomic E-state index is 5.63. The fraction of sp³-hybridized carbons (Fsp3) is 0.667. The lowest BCUT2D eigenvalue weighted by Gasteiger charge is -2.45. The number of benzene rings is 1. The number of rotatable bonds is 6. The first-order valence-electron chi connectivity index (χ1n) is 8.13. The van der Waals surface area contributed by atoms with Gasteiger partial charge in [0.25, 0.3) is 0 Å². The lowest BCUT2D eigenvalue weighted by Crippen LogP contribution is -2.52. The summed E-state index contributed by atoms with van der Waals surface area (Å²) < 4.78 is 5.63. The molecule has 0 radical (unpaired) electrons. The highest BCUT2D eigenvalue weighted by atomic mass is 16.5. The van der Waals surface area contributed by atoms with Crippen molar-refractivity contribution in [3.8, 4) is 5.75 Å². The Morgan fingerprint density at radius 3 is 2.52 bits per heavy atom. The first-order chi connectivity index (χ1) is 10.1. The van der Waals surface area contributed by atoms with E-state index in [0.29, 0.717) is 0 Å². The molecule has 1 heterocycles. The van der Waals surface area contributed by atoms with Crippen molar-refractivity contribution in [3.63, 3.8) is 0 Å². The molecule has 0 aromatic heterocycles. The lowest BCUT2D eigenvalue weighted by molar-refractivity contribution is 0.0861. The minimum Gasteiger partial charge on any atom is -0.496 e. The van der Waals surface area contributed by atoms with Crippen LogP contribution in [0.5, 0.6) is 5.75 Å². The molecule has 1 saturated heterocycles. The Hall–Kier alpha value is -1.06. The van der Waals surface area contributed by atoms with Crippen molar-refractivity contribution in [2.45, 2.75) is 51.6 Å². The average Bonchev–Trinajstić information content (AvgIpc) is 3.03. The quantitative estimate of drug-likeness (QED) is 0.867. The van der Waals surface area contributed by atoms with Crippen LogP contribution < -0.4 is 10.1 Å². The maximum absolute atomic E-state index is 5.63. The molecule has 1 aliphatic rings. The van der Waals surface area contributed by atoms with Crippen molar-refractivity contribution in [1.29, 1.82) is 0 Å². The van der Waals surface area contributed by atoms with Gasteiger partial charge in [-0.05, 0) is 59.3 Å². The Morgan fingerprint density at radius 2 is 2.00 bits per heavy atom. The standard InChI is InChI=1S/C18H30N2O/c1-6-18(3,20-11-7-8-12-20)17(19-4)15-13-14(2)9-10-16(15)21-5/h9-10,13,17,19H,6-8,11-12H2,1-5H3. The molecule has 21 heavy (non-hydrogen) atoms. The number of nitrogens with one attached hydrogen (secondary N) is 1. The van der Waals surface area contributed by atoms with E-state index in [1.54, 1.807) is 7.11 Å². The van der Waals surface area contributed by atoms with E-state index in [9.17, 15) is 0 Å². The molecule has 0 amide bonds. The van der Waals surface area contributed by atoms with Crippen LogP contribution >= 0.6 is 0 Å². The van der Waals surface area contributed by atoms with Crippen LogP contribution in [0.3, 0.4) is 0 Å². The van der Waals surface area contributed by atoms with Crippen LogP contribution in [0.4, 0.5) is 0 Å². The molecule has 2 unspecified atom stereocenters. The van der Waals surface area contributed by atoms with Crippen molar-refractivity contribution >= 4 is 0 Å². The van der Waals surface area contributed by atoms with Gasteiger partial charge in [0.15, 0.2) is 0 Å². The normalized spacial score (nSPS) is 20.2. The Bertz CT molecular complexity index is 468. The van der Waals surface area contributed by atoms with Gasteiger partial charge in [0.05, 0.1) is 13.2 Å². The summed E-state index contributed by atoms with van der Waals surface area (Å²) in [6.45, 7) is 9.24. The molecule has 1 aromatic carbocycles. The van der Waals surface area contributed by atoms with E-state index in [4.69, 9.17) is 4.74 Å². The van der Waals surface area contributed by atoms with E-state index in [0.717, 1.165) is 12.2 Å². The topological polar surface area (TPSA) is 24.5 Å². The summed E-state index contributed by atoms with van der Waals surface area (Å²) in [7, 11) is 3.83. The Kier molecular flexibility index (Phi) is 5.28. The molecule has 3 heteroatoms. The molecule has 0 bridgehead atoms. The van der Waals surface area contributed by atoms with E-state index in [1.807, 2.05) is 0 Å². The fourth-order valence-corrected chi connectivity index (χ4v) is 3.72. The number of hydrogen-bond acceptors (Lipinski definition) is 3. The minimum atomic E-state index is 0.117. The first kappa shape index (κ1) is 16.3. The molecule has 1 aromatic rings. The van der Waals surface area contributed by atoms with Crippen LogP contribution in [0, 0.1) is 6.92 Å². The third-order valence-corrected chi connectivity index (χ3v) is 5.15. The maximum Gasteiger partial charge on any atom is 0.123 e. The SMILES string of the molecule is CCC(C)(C(NC)c1cc(C)ccc1OC)N1CCCC1. The van der Waals surface area contributed by atoms with Crippen molar-refractivity contribution in [2.24, 2.45) is 0 Å². The summed E-state index contributed by atoms with van der Waals surface area (Å²) in [5.41, 5.74) is 2.67. The van der Waals surface area contributed by atoms with Gasteiger partial charge in [0, 0.05) is 11.1 Å². The molecule has 1 aliphatic heterocycles. The molecular formula is C18H30N2O. The van der Waals surface area contributed by atoms with E-state index in [2.05, 4.69) is 56.2 Å². The zero-order valence-corrected chi connectivity index (χ0v) is 14.2. The third-order valence-electron chi connectivity index (χ3n) is 5.15. The van der Waals surface area contributed by atoms with Gasteiger partial charge >= 0.3 is 0 Å².